The van der Waals surface area contributed by atoms with Crippen LogP contribution in [0.3, 0.4) is 0 Å². The summed E-state index contributed by atoms with van der Waals surface area (Å²) in [6, 6.07) is 14.6. The topological polar surface area (TPSA) is 53.1 Å². The maximum atomic E-state index is 13.1. The van der Waals surface area contributed by atoms with Crippen LogP contribution < -0.4 is 4.90 Å². The van der Waals surface area contributed by atoms with Gasteiger partial charge in [-0.15, -0.1) is 0 Å². The van der Waals surface area contributed by atoms with E-state index in [0.29, 0.717) is 36.8 Å². The van der Waals surface area contributed by atoms with Gasteiger partial charge in [-0.25, -0.2) is 4.79 Å². The van der Waals surface area contributed by atoms with E-state index in [1.165, 1.54) is 0 Å². The Labute approximate surface area is 170 Å². The number of carbonyl (C=O) groups excluding carboxylic acids is 2. The highest BCUT2D eigenvalue weighted by Crippen LogP contribution is 2.21. The number of hydrogen-bond acceptors (Lipinski definition) is 4. The highest BCUT2D eigenvalue weighted by molar-refractivity contribution is 6.30. The van der Waals surface area contributed by atoms with E-state index in [0.717, 1.165) is 17.8 Å². The zero-order valence-corrected chi connectivity index (χ0v) is 16.9. The van der Waals surface area contributed by atoms with Crippen molar-refractivity contribution in [2.24, 2.45) is 0 Å². The lowest BCUT2D eigenvalue weighted by molar-refractivity contribution is 0.0732. The van der Waals surface area contributed by atoms with Crippen LogP contribution in [0.1, 0.15) is 15.9 Å². The second-order valence-corrected chi connectivity index (χ2v) is 7.41. The molecule has 148 valence electrons. The fourth-order valence-corrected chi connectivity index (χ4v) is 3.24. The molecule has 0 aromatic heterocycles. The van der Waals surface area contributed by atoms with Crippen LogP contribution in [0.15, 0.2) is 48.5 Å². The van der Waals surface area contributed by atoms with Crippen molar-refractivity contribution in [2.75, 3.05) is 45.2 Å². The van der Waals surface area contributed by atoms with Crippen LogP contribution in [0.25, 0.3) is 0 Å². The minimum atomic E-state index is -0.354. The van der Waals surface area contributed by atoms with Crippen molar-refractivity contribution in [3.8, 4) is 0 Å². The molecule has 1 heterocycles. The van der Waals surface area contributed by atoms with Gasteiger partial charge in [-0.2, -0.15) is 0 Å². The minimum Gasteiger partial charge on any atom is -0.447 e. The van der Waals surface area contributed by atoms with Crippen LogP contribution in [0, 0.1) is 0 Å². The SMILES string of the molecule is CN(C)CCN(Cc1cccc(Cl)c1)C(=O)c1ccc(N2CCOC2=O)cc1. The first-order valence-electron chi connectivity index (χ1n) is 9.17. The zero-order chi connectivity index (χ0) is 20.1. The smallest absolute Gasteiger partial charge is 0.414 e. The van der Waals surface area contributed by atoms with E-state index >= 15 is 0 Å². The monoisotopic (exact) mass is 401 g/mol. The van der Waals surface area contributed by atoms with Crippen LogP contribution in [0.5, 0.6) is 0 Å². The molecule has 0 radical (unpaired) electrons. The number of nitrogens with zero attached hydrogens (tertiary/aromatic N) is 3. The fraction of sp³-hybridized carbons (Fsp3) is 0.333. The van der Waals surface area contributed by atoms with Gasteiger partial charge in [-0.05, 0) is 56.1 Å². The molecular weight excluding hydrogens is 378 g/mol. The largest absolute Gasteiger partial charge is 0.447 e. The van der Waals surface area contributed by atoms with Gasteiger partial charge >= 0.3 is 6.09 Å². The zero-order valence-electron chi connectivity index (χ0n) is 16.1. The first-order chi connectivity index (χ1) is 13.4. The molecule has 3 rings (SSSR count). The summed E-state index contributed by atoms with van der Waals surface area (Å²) in [5.41, 5.74) is 2.29. The van der Waals surface area contributed by atoms with E-state index in [9.17, 15) is 9.59 Å². The molecule has 1 fully saturated rings. The summed E-state index contributed by atoms with van der Waals surface area (Å²) < 4.78 is 4.96. The normalized spacial score (nSPS) is 13.7. The summed E-state index contributed by atoms with van der Waals surface area (Å²) in [6.07, 6.45) is -0.354. The van der Waals surface area contributed by atoms with Crippen molar-refractivity contribution >= 4 is 29.3 Å². The van der Waals surface area contributed by atoms with Crippen molar-refractivity contribution in [3.63, 3.8) is 0 Å². The van der Waals surface area contributed by atoms with E-state index in [2.05, 4.69) is 0 Å². The Bertz CT molecular complexity index is 839. The first-order valence-corrected chi connectivity index (χ1v) is 9.54. The van der Waals surface area contributed by atoms with Crippen molar-refractivity contribution in [2.45, 2.75) is 6.54 Å². The molecule has 28 heavy (non-hydrogen) atoms. The van der Waals surface area contributed by atoms with Crippen molar-refractivity contribution in [3.05, 3.63) is 64.7 Å². The summed E-state index contributed by atoms with van der Waals surface area (Å²) >= 11 is 6.09. The van der Waals surface area contributed by atoms with Gasteiger partial charge in [0.05, 0.1) is 6.54 Å². The molecule has 2 amide bonds. The number of cyclic esters (lactones) is 1. The number of rotatable bonds is 7. The Morgan fingerprint density at radius 3 is 2.50 bits per heavy atom. The highest BCUT2D eigenvalue weighted by atomic mass is 35.5. The predicted octanol–water partition coefficient (Wildman–Crippen LogP) is 3.50. The Hall–Kier alpha value is -2.57. The molecule has 0 atom stereocenters. The second kappa shape index (κ2) is 9.08. The first kappa shape index (κ1) is 20.2. The number of ether oxygens (including phenoxy) is 1. The summed E-state index contributed by atoms with van der Waals surface area (Å²) in [4.78, 5) is 30.2. The Kier molecular flexibility index (Phi) is 6.54. The lowest BCUT2D eigenvalue weighted by Crippen LogP contribution is -2.36. The molecule has 0 unspecified atom stereocenters. The Balaban J connectivity index is 1.76. The van der Waals surface area contributed by atoms with Crippen LogP contribution in [0.4, 0.5) is 10.5 Å². The molecule has 0 spiro atoms. The van der Waals surface area contributed by atoms with Gasteiger partial charge in [0.2, 0.25) is 0 Å². The highest BCUT2D eigenvalue weighted by Gasteiger charge is 2.24. The number of hydrogen-bond donors (Lipinski definition) is 0. The minimum absolute atomic E-state index is 0.0580. The molecular formula is C21H24ClN3O3. The second-order valence-electron chi connectivity index (χ2n) is 6.97. The maximum absolute atomic E-state index is 13.1. The third-order valence-electron chi connectivity index (χ3n) is 4.55. The molecule has 0 aliphatic carbocycles. The molecule has 0 saturated carbocycles. The third-order valence-corrected chi connectivity index (χ3v) is 4.79. The maximum Gasteiger partial charge on any atom is 0.414 e. The summed E-state index contributed by atoms with van der Waals surface area (Å²) in [5, 5.41) is 0.652. The number of likely N-dealkylation sites (N-methyl/N-ethyl adjacent to an activating group) is 1. The molecule has 1 saturated heterocycles. The van der Waals surface area contributed by atoms with E-state index in [1.54, 1.807) is 29.2 Å². The summed E-state index contributed by atoms with van der Waals surface area (Å²) in [5.74, 6) is -0.0580. The van der Waals surface area contributed by atoms with Gasteiger partial charge in [0.15, 0.2) is 0 Å². The van der Waals surface area contributed by atoms with E-state index in [1.807, 2.05) is 48.2 Å². The van der Waals surface area contributed by atoms with Gasteiger partial charge in [0.1, 0.15) is 6.61 Å². The number of benzene rings is 2. The van der Waals surface area contributed by atoms with Gasteiger partial charge in [-0.1, -0.05) is 23.7 Å². The molecule has 0 bridgehead atoms. The van der Waals surface area contributed by atoms with Crippen molar-refractivity contribution in [1.29, 1.82) is 0 Å². The molecule has 1 aliphatic heterocycles. The molecule has 2 aromatic carbocycles. The van der Waals surface area contributed by atoms with Crippen LogP contribution in [-0.2, 0) is 11.3 Å². The molecule has 1 aliphatic rings. The number of carbonyl (C=O) groups is 2. The van der Waals surface area contributed by atoms with Gasteiger partial charge in [0.25, 0.3) is 5.91 Å². The number of anilines is 1. The molecule has 2 aromatic rings. The number of halogens is 1. The lowest BCUT2D eigenvalue weighted by Gasteiger charge is -2.25. The number of amides is 2. The Morgan fingerprint density at radius 2 is 1.89 bits per heavy atom. The standard InChI is InChI=1S/C21H24ClN3O3/c1-23(2)10-11-24(15-16-4-3-5-18(22)14-16)20(26)17-6-8-19(9-7-17)25-12-13-28-21(25)27/h3-9,14H,10-13,15H2,1-2H3. The lowest BCUT2D eigenvalue weighted by atomic mass is 10.1. The average molecular weight is 402 g/mol. The van der Waals surface area contributed by atoms with Crippen LogP contribution in [0.2, 0.25) is 5.02 Å². The molecule has 7 heteroatoms. The molecule has 0 N–H and O–H groups in total. The van der Waals surface area contributed by atoms with E-state index in [4.69, 9.17) is 16.3 Å². The predicted molar refractivity (Wildman–Crippen MR) is 110 cm³/mol. The van der Waals surface area contributed by atoms with E-state index < -0.39 is 0 Å². The fourth-order valence-electron chi connectivity index (χ4n) is 3.02. The van der Waals surface area contributed by atoms with Crippen LogP contribution in [-0.4, -0.2) is 62.1 Å². The summed E-state index contributed by atoms with van der Waals surface area (Å²) in [7, 11) is 3.96. The third kappa shape index (κ3) is 5.03. The van der Waals surface area contributed by atoms with Gasteiger partial charge in [-0.3, -0.25) is 9.69 Å². The quantitative estimate of drug-likeness (QED) is 0.712. The van der Waals surface area contributed by atoms with Crippen LogP contribution >= 0.6 is 11.6 Å². The van der Waals surface area contributed by atoms with Crippen molar-refractivity contribution < 1.29 is 14.3 Å². The Morgan fingerprint density at radius 1 is 1.14 bits per heavy atom. The van der Waals surface area contributed by atoms with Crippen molar-refractivity contribution in [1.82, 2.24) is 9.80 Å². The average Bonchev–Trinajstić information content (AvgIpc) is 3.10. The summed E-state index contributed by atoms with van der Waals surface area (Å²) in [6.45, 7) is 2.74. The van der Waals surface area contributed by atoms with Gasteiger partial charge < -0.3 is 14.5 Å². The van der Waals surface area contributed by atoms with E-state index in [-0.39, 0.29) is 12.0 Å². The molecule has 6 nitrogen and oxygen atoms in total. The van der Waals surface area contributed by atoms with Gasteiger partial charge in [0, 0.05) is 35.9 Å².